The minimum absolute atomic E-state index is 0.218. The molecule has 0 bridgehead atoms. The Labute approximate surface area is 148 Å². The average molecular weight is 350 g/mol. The number of rotatable bonds is 7. The summed E-state index contributed by atoms with van der Waals surface area (Å²) in [5.74, 6) is -1.65. The van der Waals surface area contributed by atoms with Crippen LogP contribution in [0.2, 0.25) is 0 Å². The van der Waals surface area contributed by atoms with Crippen LogP contribution >= 0.6 is 0 Å². The molecule has 0 aliphatic carbocycles. The van der Waals surface area contributed by atoms with E-state index < -0.39 is 17.9 Å². The van der Waals surface area contributed by atoms with Crippen LogP contribution in [0.25, 0.3) is 0 Å². The Balaban J connectivity index is 2.30. The third-order valence-electron chi connectivity index (χ3n) is 4.32. The van der Waals surface area contributed by atoms with Gasteiger partial charge in [-0.05, 0) is 44.4 Å². The van der Waals surface area contributed by atoms with Crippen molar-refractivity contribution in [2.45, 2.75) is 32.8 Å². The molecule has 1 heterocycles. The van der Waals surface area contributed by atoms with Crippen molar-refractivity contribution < 1.29 is 28.5 Å². The molecular weight excluding hydrogens is 324 g/mol. The molecule has 0 spiro atoms. The zero-order valence-corrected chi connectivity index (χ0v) is 15.0. The van der Waals surface area contributed by atoms with Gasteiger partial charge in [0.2, 0.25) is 0 Å². The summed E-state index contributed by atoms with van der Waals surface area (Å²) in [5, 5.41) is 0. The predicted molar refractivity (Wildman–Crippen MR) is 91.2 cm³/mol. The van der Waals surface area contributed by atoms with Gasteiger partial charge in [-0.15, -0.1) is 0 Å². The van der Waals surface area contributed by atoms with Gasteiger partial charge in [0.1, 0.15) is 5.75 Å². The smallest absolute Gasteiger partial charge is 0.320 e. The van der Waals surface area contributed by atoms with Gasteiger partial charge in [0.05, 0.1) is 26.4 Å². The van der Waals surface area contributed by atoms with Crippen molar-refractivity contribution in [2.75, 3.05) is 26.9 Å². The van der Waals surface area contributed by atoms with Crippen LogP contribution in [-0.4, -0.2) is 38.9 Å². The molecular formula is C19H26O6. The minimum Gasteiger partial charge on any atom is -0.497 e. The van der Waals surface area contributed by atoms with E-state index in [1.165, 1.54) is 0 Å². The third kappa shape index (κ3) is 4.72. The fraction of sp³-hybridized carbons (Fsp3) is 0.579. The highest BCUT2D eigenvalue weighted by Gasteiger charge is 2.43. The molecule has 25 heavy (non-hydrogen) atoms. The first kappa shape index (κ1) is 19.2. The molecule has 0 saturated carbocycles. The Bertz CT molecular complexity index is 550. The van der Waals surface area contributed by atoms with Crippen molar-refractivity contribution in [3.05, 3.63) is 29.8 Å². The number of hydrogen-bond acceptors (Lipinski definition) is 6. The fourth-order valence-corrected chi connectivity index (χ4v) is 3.19. The first-order chi connectivity index (χ1) is 12.1. The van der Waals surface area contributed by atoms with Crippen LogP contribution in [0.3, 0.4) is 0 Å². The van der Waals surface area contributed by atoms with Crippen molar-refractivity contribution in [2.24, 2.45) is 11.8 Å². The molecule has 138 valence electrons. The summed E-state index contributed by atoms with van der Waals surface area (Å²) in [6, 6.07) is 7.48. The second kappa shape index (κ2) is 9.42. The van der Waals surface area contributed by atoms with Gasteiger partial charge in [-0.3, -0.25) is 9.59 Å². The predicted octanol–water partition coefficient (Wildman–Crippen LogP) is 2.91. The molecule has 1 aliphatic rings. The molecule has 1 fully saturated rings. The summed E-state index contributed by atoms with van der Waals surface area (Å²) >= 11 is 0. The number of esters is 2. The topological polar surface area (TPSA) is 71.1 Å². The fourth-order valence-electron chi connectivity index (χ4n) is 3.19. The van der Waals surface area contributed by atoms with E-state index in [1.807, 2.05) is 24.3 Å². The van der Waals surface area contributed by atoms with Gasteiger partial charge in [-0.1, -0.05) is 12.1 Å². The lowest BCUT2D eigenvalue weighted by molar-refractivity contribution is -0.170. The van der Waals surface area contributed by atoms with Gasteiger partial charge in [0, 0.05) is 12.5 Å². The van der Waals surface area contributed by atoms with Crippen LogP contribution in [0.15, 0.2) is 24.3 Å². The molecule has 0 N–H and O–H groups in total. The van der Waals surface area contributed by atoms with Crippen molar-refractivity contribution in [1.82, 2.24) is 0 Å². The minimum atomic E-state index is -0.979. The van der Waals surface area contributed by atoms with Crippen LogP contribution in [0.1, 0.15) is 38.4 Å². The molecule has 2 rings (SSSR count). The third-order valence-corrected chi connectivity index (χ3v) is 4.32. The quantitative estimate of drug-likeness (QED) is 0.556. The number of benzene rings is 1. The van der Waals surface area contributed by atoms with Crippen LogP contribution in [0.5, 0.6) is 5.75 Å². The van der Waals surface area contributed by atoms with Crippen molar-refractivity contribution in [1.29, 1.82) is 0 Å². The first-order valence-corrected chi connectivity index (χ1v) is 8.71. The Morgan fingerprint density at radius 3 is 2.24 bits per heavy atom. The maximum absolute atomic E-state index is 12.4. The number of methoxy groups -OCH3 is 1. The largest absolute Gasteiger partial charge is 0.497 e. The Morgan fingerprint density at radius 1 is 1.12 bits per heavy atom. The van der Waals surface area contributed by atoms with Gasteiger partial charge in [-0.25, -0.2) is 0 Å². The van der Waals surface area contributed by atoms with Crippen LogP contribution < -0.4 is 4.74 Å². The highest BCUT2D eigenvalue weighted by molar-refractivity contribution is 5.95. The molecule has 1 aliphatic heterocycles. The van der Waals surface area contributed by atoms with Crippen molar-refractivity contribution in [3.63, 3.8) is 0 Å². The van der Waals surface area contributed by atoms with Gasteiger partial charge in [0.25, 0.3) is 0 Å². The van der Waals surface area contributed by atoms with E-state index in [2.05, 4.69) is 0 Å². The summed E-state index contributed by atoms with van der Waals surface area (Å²) in [5.41, 5.74) is 0.907. The SMILES string of the molecule is CCOC(=O)C(C(=O)OCC)[C@@H]1CCCO[C@H]1c1ccc(OC)cc1. The zero-order chi connectivity index (χ0) is 18.2. The number of ether oxygens (including phenoxy) is 4. The van der Waals surface area contributed by atoms with Crippen LogP contribution in [0.4, 0.5) is 0 Å². The maximum Gasteiger partial charge on any atom is 0.320 e. The summed E-state index contributed by atoms with van der Waals surface area (Å²) in [6.45, 7) is 4.47. The molecule has 0 radical (unpaired) electrons. The Kier molecular flexibility index (Phi) is 7.25. The van der Waals surface area contributed by atoms with Crippen molar-refractivity contribution >= 4 is 11.9 Å². The number of carbonyl (C=O) groups excluding carboxylic acids is 2. The highest BCUT2D eigenvalue weighted by atomic mass is 16.6. The molecule has 1 aromatic rings. The molecule has 6 heteroatoms. The van der Waals surface area contributed by atoms with E-state index in [9.17, 15) is 9.59 Å². The Morgan fingerprint density at radius 2 is 1.72 bits per heavy atom. The second-order valence-corrected chi connectivity index (χ2v) is 5.85. The molecule has 1 saturated heterocycles. The molecule has 0 unspecified atom stereocenters. The van der Waals surface area contributed by atoms with Crippen molar-refractivity contribution in [3.8, 4) is 5.75 Å². The average Bonchev–Trinajstić information content (AvgIpc) is 2.63. The standard InChI is InChI=1S/C19H26O6/c1-4-23-18(20)16(19(21)24-5-2)15-7-6-12-25-17(15)13-8-10-14(22-3)11-9-13/h8-11,15-17H,4-7,12H2,1-3H3/t15-,17-/m0/s1. The van der Waals surface area contributed by atoms with E-state index in [-0.39, 0.29) is 25.2 Å². The molecule has 1 aromatic carbocycles. The molecule has 0 amide bonds. The van der Waals surface area contributed by atoms with E-state index in [0.717, 1.165) is 17.7 Å². The van der Waals surface area contributed by atoms with E-state index in [4.69, 9.17) is 18.9 Å². The summed E-state index contributed by atoms with van der Waals surface area (Å²) in [7, 11) is 1.60. The second-order valence-electron chi connectivity index (χ2n) is 5.85. The first-order valence-electron chi connectivity index (χ1n) is 8.71. The lowest BCUT2D eigenvalue weighted by Crippen LogP contribution is -2.40. The van der Waals surface area contributed by atoms with Gasteiger partial charge >= 0.3 is 11.9 Å². The summed E-state index contributed by atoms with van der Waals surface area (Å²) in [6.07, 6.45) is 1.12. The number of hydrogen-bond donors (Lipinski definition) is 0. The van der Waals surface area contributed by atoms with Crippen LogP contribution in [0, 0.1) is 11.8 Å². The zero-order valence-electron chi connectivity index (χ0n) is 15.0. The van der Waals surface area contributed by atoms with Gasteiger partial charge in [-0.2, -0.15) is 0 Å². The van der Waals surface area contributed by atoms with E-state index in [1.54, 1.807) is 21.0 Å². The lowest BCUT2D eigenvalue weighted by Gasteiger charge is -2.35. The lowest BCUT2D eigenvalue weighted by atomic mass is 9.79. The molecule has 6 nitrogen and oxygen atoms in total. The summed E-state index contributed by atoms with van der Waals surface area (Å²) in [4.78, 5) is 24.9. The Hall–Kier alpha value is -2.08. The molecule has 2 atom stereocenters. The normalized spacial score (nSPS) is 20.2. The molecule has 0 aromatic heterocycles. The summed E-state index contributed by atoms with van der Waals surface area (Å²) < 4.78 is 21.4. The highest BCUT2D eigenvalue weighted by Crippen LogP contribution is 2.40. The van der Waals surface area contributed by atoms with E-state index in [0.29, 0.717) is 13.0 Å². The monoisotopic (exact) mass is 350 g/mol. The number of carbonyl (C=O) groups is 2. The van der Waals surface area contributed by atoms with Gasteiger partial charge in [0.15, 0.2) is 5.92 Å². The van der Waals surface area contributed by atoms with Crippen LogP contribution in [-0.2, 0) is 23.8 Å². The van der Waals surface area contributed by atoms with Gasteiger partial charge < -0.3 is 18.9 Å². The maximum atomic E-state index is 12.4. The van der Waals surface area contributed by atoms with E-state index >= 15 is 0 Å².